The fourth-order valence-corrected chi connectivity index (χ4v) is 3.41. The van der Waals surface area contributed by atoms with E-state index in [1.807, 2.05) is 46.0 Å². The molecule has 3 aromatic rings. The van der Waals surface area contributed by atoms with E-state index in [1.165, 1.54) is 5.56 Å². The third kappa shape index (κ3) is 2.54. The SMILES string of the molecule is O=C(c1cccn1Cc1noc(C2CC2)n1)N1CCc2ccccc21. The predicted octanol–water partition coefficient (Wildman–Crippen LogP) is 3.00. The molecule has 1 aliphatic carbocycles. The summed E-state index contributed by atoms with van der Waals surface area (Å²) in [6, 6.07) is 11.8. The third-order valence-electron chi connectivity index (χ3n) is 4.90. The topological polar surface area (TPSA) is 64.2 Å². The van der Waals surface area contributed by atoms with E-state index in [-0.39, 0.29) is 5.91 Å². The molecule has 6 heteroatoms. The highest BCUT2D eigenvalue weighted by Gasteiger charge is 2.30. The van der Waals surface area contributed by atoms with Crippen LogP contribution in [0, 0.1) is 0 Å². The molecule has 1 aliphatic heterocycles. The third-order valence-corrected chi connectivity index (χ3v) is 4.90. The normalized spacial score (nSPS) is 16.2. The van der Waals surface area contributed by atoms with Gasteiger partial charge in [0, 0.05) is 24.3 Å². The van der Waals surface area contributed by atoms with Gasteiger partial charge in [0.05, 0.1) is 6.54 Å². The smallest absolute Gasteiger partial charge is 0.274 e. The predicted molar refractivity (Wildman–Crippen MR) is 91.6 cm³/mol. The number of rotatable bonds is 4. The Labute approximate surface area is 145 Å². The number of aromatic nitrogens is 3. The van der Waals surface area contributed by atoms with Gasteiger partial charge < -0.3 is 14.0 Å². The van der Waals surface area contributed by atoms with E-state index < -0.39 is 0 Å². The fourth-order valence-electron chi connectivity index (χ4n) is 3.41. The van der Waals surface area contributed by atoms with Gasteiger partial charge in [0.25, 0.3) is 5.91 Å². The lowest BCUT2D eigenvalue weighted by Crippen LogP contribution is -2.30. The molecule has 0 unspecified atom stereocenters. The molecule has 2 aromatic heterocycles. The summed E-state index contributed by atoms with van der Waals surface area (Å²) in [6.45, 7) is 1.16. The molecule has 0 N–H and O–H groups in total. The Morgan fingerprint density at radius 3 is 2.96 bits per heavy atom. The minimum Gasteiger partial charge on any atom is -0.339 e. The number of benzene rings is 1. The summed E-state index contributed by atoms with van der Waals surface area (Å²) in [4.78, 5) is 19.4. The van der Waals surface area contributed by atoms with Gasteiger partial charge in [-0.3, -0.25) is 4.79 Å². The Bertz CT molecular complexity index is 938. The Balaban J connectivity index is 1.40. The minimum atomic E-state index is 0.0147. The van der Waals surface area contributed by atoms with Gasteiger partial charge in [-0.2, -0.15) is 4.98 Å². The van der Waals surface area contributed by atoms with Gasteiger partial charge in [-0.25, -0.2) is 0 Å². The van der Waals surface area contributed by atoms with Crippen LogP contribution in [0.15, 0.2) is 47.1 Å². The van der Waals surface area contributed by atoms with E-state index in [9.17, 15) is 4.79 Å². The van der Waals surface area contributed by atoms with Crippen molar-refractivity contribution in [1.29, 1.82) is 0 Å². The summed E-state index contributed by atoms with van der Waals surface area (Å²) < 4.78 is 7.21. The first-order chi connectivity index (χ1) is 12.3. The van der Waals surface area contributed by atoms with Crippen LogP contribution in [0.3, 0.4) is 0 Å². The highest BCUT2D eigenvalue weighted by molar-refractivity contribution is 6.06. The average molecular weight is 334 g/mol. The number of amides is 1. The Hall–Kier alpha value is -2.89. The molecule has 1 saturated carbocycles. The van der Waals surface area contributed by atoms with E-state index >= 15 is 0 Å². The molecule has 0 spiro atoms. The first kappa shape index (κ1) is 14.5. The van der Waals surface area contributed by atoms with Crippen LogP contribution in [-0.2, 0) is 13.0 Å². The van der Waals surface area contributed by atoms with Crippen molar-refractivity contribution in [1.82, 2.24) is 14.7 Å². The fraction of sp³-hybridized carbons (Fsp3) is 0.316. The van der Waals surface area contributed by atoms with Crippen molar-refractivity contribution in [2.45, 2.75) is 31.7 Å². The Morgan fingerprint density at radius 2 is 2.08 bits per heavy atom. The van der Waals surface area contributed by atoms with Crippen LogP contribution in [0.5, 0.6) is 0 Å². The summed E-state index contributed by atoms with van der Waals surface area (Å²) in [5.74, 6) is 1.80. The van der Waals surface area contributed by atoms with Crippen LogP contribution in [0.1, 0.15) is 46.5 Å². The van der Waals surface area contributed by atoms with Crippen molar-refractivity contribution in [2.24, 2.45) is 0 Å². The van der Waals surface area contributed by atoms with Crippen molar-refractivity contribution in [3.63, 3.8) is 0 Å². The molecule has 1 fully saturated rings. The largest absolute Gasteiger partial charge is 0.339 e. The number of carbonyl (C=O) groups is 1. The molecule has 3 heterocycles. The molecule has 1 amide bonds. The van der Waals surface area contributed by atoms with Gasteiger partial charge in [-0.05, 0) is 43.0 Å². The molecule has 0 saturated heterocycles. The van der Waals surface area contributed by atoms with Crippen molar-refractivity contribution in [3.8, 4) is 0 Å². The van der Waals surface area contributed by atoms with Crippen LogP contribution in [0.2, 0.25) is 0 Å². The number of hydrogen-bond donors (Lipinski definition) is 0. The highest BCUT2D eigenvalue weighted by atomic mass is 16.5. The van der Waals surface area contributed by atoms with Gasteiger partial charge in [0.1, 0.15) is 5.69 Å². The first-order valence-corrected chi connectivity index (χ1v) is 8.67. The second-order valence-electron chi connectivity index (χ2n) is 6.68. The summed E-state index contributed by atoms with van der Waals surface area (Å²) >= 11 is 0. The zero-order valence-corrected chi connectivity index (χ0v) is 13.8. The lowest BCUT2D eigenvalue weighted by molar-refractivity contribution is 0.0981. The van der Waals surface area contributed by atoms with Crippen molar-refractivity contribution in [3.05, 3.63) is 65.6 Å². The van der Waals surface area contributed by atoms with Crippen LogP contribution >= 0.6 is 0 Å². The van der Waals surface area contributed by atoms with Crippen molar-refractivity contribution in [2.75, 3.05) is 11.4 Å². The van der Waals surface area contributed by atoms with Gasteiger partial charge in [0.2, 0.25) is 5.89 Å². The van der Waals surface area contributed by atoms with Crippen molar-refractivity contribution >= 4 is 11.6 Å². The molecular weight excluding hydrogens is 316 g/mol. The van der Waals surface area contributed by atoms with Crippen molar-refractivity contribution < 1.29 is 9.32 Å². The molecule has 0 atom stereocenters. The second kappa shape index (κ2) is 5.58. The lowest BCUT2D eigenvalue weighted by Gasteiger charge is -2.18. The maximum absolute atomic E-state index is 13.0. The van der Waals surface area contributed by atoms with E-state index in [0.29, 0.717) is 24.0 Å². The van der Waals surface area contributed by atoms with Gasteiger partial charge in [0.15, 0.2) is 5.82 Å². The van der Waals surface area contributed by atoms with Crippen LogP contribution in [0.25, 0.3) is 0 Å². The average Bonchev–Trinajstić information content (AvgIpc) is 3.05. The van der Waals surface area contributed by atoms with Gasteiger partial charge >= 0.3 is 0 Å². The lowest BCUT2D eigenvalue weighted by atomic mass is 10.2. The van der Waals surface area contributed by atoms with E-state index in [1.54, 1.807) is 0 Å². The van der Waals surface area contributed by atoms with E-state index in [2.05, 4.69) is 16.2 Å². The monoisotopic (exact) mass is 334 g/mol. The number of nitrogens with zero attached hydrogens (tertiary/aromatic N) is 4. The zero-order chi connectivity index (χ0) is 16.8. The maximum Gasteiger partial charge on any atom is 0.274 e. The Morgan fingerprint density at radius 1 is 1.20 bits per heavy atom. The number of anilines is 1. The summed E-state index contributed by atoms with van der Waals surface area (Å²) in [7, 11) is 0. The van der Waals surface area contributed by atoms with E-state index in [0.717, 1.165) is 37.4 Å². The molecular formula is C19H18N4O2. The number of fused-ring (bicyclic) bond motifs is 1. The van der Waals surface area contributed by atoms with Gasteiger partial charge in [-0.1, -0.05) is 23.4 Å². The van der Waals surface area contributed by atoms with Crippen LogP contribution in [-0.4, -0.2) is 27.2 Å². The maximum atomic E-state index is 13.0. The molecule has 25 heavy (non-hydrogen) atoms. The highest BCUT2D eigenvalue weighted by Crippen LogP contribution is 2.38. The molecule has 6 nitrogen and oxygen atoms in total. The van der Waals surface area contributed by atoms with E-state index in [4.69, 9.17) is 4.52 Å². The standard InChI is InChI=1S/C19H18N4O2/c24-19(23-11-9-13-4-1-2-5-15(13)23)16-6-3-10-22(16)12-17-20-18(25-21-17)14-7-8-14/h1-6,10,14H,7-9,11-12H2. The van der Waals surface area contributed by atoms with Gasteiger partial charge in [-0.15, -0.1) is 0 Å². The number of carbonyl (C=O) groups excluding carboxylic acids is 1. The summed E-state index contributed by atoms with van der Waals surface area (Å²) in [5, 5.41) is 4.05. The quantitative estimate of drug-likeness (QED) is 0.736. The first-order valence-electron chi connectivity index (χ1n) is 8.67. The second-order valence-corrected chi connectivity index (χ2v) is 6.68. The molecule has 5 rings (SSSR count). The van der Waals surface area contributed by atoms with Crippen LogP contribution < -0.4 is 4.90 Å². The van der Waals surface area contributed by atoms with Crippen LogP contribution in [0.4, 0.5) is 5.69 Å². The number of hydrogen-bond acceptors (Lipinski definition) is 4. The minimum absolute atomic E-state index is 0.0147. The molecule has 2 aliphatic rings. The molecule has 126 valence electrons. The summed E-state index contributed by atoms with van der Waals surface area (Å²) in [6.07, 6.45) is 5.05. The molecule has 1 aromatic carbocycles. The molecule has 0 radical (unpaired) electrons. The Kier molecular flexibility index (Phi) is 3.23. The summed E-state index contributed by atoms with van der Waals surface area (Å²) in [5.41, 5.74) is 2.88. The number of para-hydroxylation sites is 1. The zero-order valence-electron chi connectivity index (χ0n) is 13.8. The molecule has 0 bridgehead atoms.